The number of hydrogen-bond donors (Lipinski definition) is 1. The molecule has 0 bridgehead atoms. The van der Waals surface area contributed by atoms with Crippen LogP contribution in [0.25, 0.3) is 0 Å². The Morgan fingerprint density at radius 2 is 2.06 bits per heavy atom. The van der Waals surface area contributed by atoms with E-state index < -0.39 is 0 Å². The van der Waals surface area contributed by atoms with Crippen molar-refractivity contribution < 1.29 is 9.53 Å². The van der Waals surface area contributed by atoms with E-state index in [1.807, 2.05) is 0 Å². The zero-order valence-corrected chi connectivity index (χ0v) is 20.0. The van der Waals surface area contributed by atoms with Crippen LogP contribution in [0.1, 0.15) is 85.5 Å². The van der Waals surface area contributed by atoms with Gasteiger partial charge in [-0.25, -0.2) is 0 Å². The van der Waals surface area contributed by atoms with Gasteiger partial charge in [-0.15, -0.1) is 0 Å². The highest BCUT2D eigenvalue weighted by Gasteiger charge is 2.58. The summed E-state index contributed by atoms with van der Waals surface area (Å²) in [6.07, 6.45) is 12.8. The Balaban J connectivity index is 1.29. The van der Waals surface area contributed by atoms with E-state index in [0.29, 0.717) is 23.8 Å². The summed E-state index contributed by atoms with van der Waals surface area (Å²) in [4.78, 5) is 12.1. The molecule has 2 saturated heterocycles. The second-order valence-corrected chi connectivity index (χ2v) is 12.5. The van der Waals surface area contributed by atoms with E-state index in [1.165, 1.54) is 37.7 Å². The number of Topliss-reactive ketones (excluding diaryl/α,β-unsaturated/α-hetero) is 1. The van der Waals surface area contributed by atoms with Crippen molar-refractivity contribution in [1.29, 1.82) is 0 Å². The number of ether oxygens (including phenoxy) is 1. The van der Waals surface area contributed by atoms with E-state index in [1.54, 1.807) is 11.1 Å². The SMILES string of the molecule is CC1=C2C[C@H]3[C@@H](CC=C4CC(=O)CC[C@@]43C)[C@@H]2CCC2(C1)O[C@@H]1C[C@H](C)CN[C@H]1[C@H]2C. The number of hydrogen-bond acceptors (Lipinski definition) is 3. The van der Waals surface area contributed by atoms with Gasteiger partial charge < -0.3 is 10.1 Å². The molecule has 1 spiro atoms. The van der Waals surface area contributed by atoms with Gasteiger partial charge in [-0.2, -0.15) is 0 Å². The van der Waals surface area contributed by atoms with Gasteiger partial charge in [0.05, 0.1) is 11.7 Å². The number of allylic oxidation sites excluding steroid dienone is 3. The van der Waals surface area contributed by atoms with Crippen LogP contribution in [0.2, 0.25) is 0 Å². The molecule has 0 aromatic rings. The summed E-state index contributed by atoms with van der Waals surface area (Å²) in [6, 6.07) is 0.540. The molecule has 4 fully saturated rings. The zero-order valence-electron chi connectivity index (χ0n) is 20.0. The van der Waals surface area contributed by atoms with Crippen LogP contribution in [-0.2, 0) is 9.53 Å². The summed E-state index contributed by atoms with van der Waals surface area (Å²) < 4.78 is 7.00. The standard InChI is InChI=1S/C28H41NO2/c1-16-11-25-26(29-15-16)18(3)28(31-25)10-8-21-22-6-5-19-12-20(30)7-9-27(19,4)24(22)13-23(21)17(2)14-28/h5,16,18,21-22,24-26,29H,6-15H2,1-4H3/t16-,18+,21-,22-,24-,25+,26-,27-,28?/m0/s1. The predicted molar refractivity (Wildman–Crippen MR) is 124 cm³/mol. The molecular weight excluding hydrogens is 382 g/mol. The quantitative estimate of drug-likeness (QED) is 0.515. The molecule has 6 aliphatic rings. The van der Waals surface area contributed by atoms with E-state index >= 15 is 0 Å². The van der Waals surface area contributed by atoms with Gasteiger partial charge in [-0.3, -0.25) is 4.79 Å². The Hall–Kier alpha value is -0.930. The van der Waals surface area contributed by atoms with Gasteiger partial charge in [0.1, 0.15) is 5.78 Å². The Labute approximate surface area is 188 Å². The molecule has 170 valence electrons. The normalized spacial score (nSPS) is 51.7. The van der Waals surface area contributed by atoms with Crippen LogP contribution in [0, 0.1) is 35.0 Å². The zero-order chi connectivity index (χ0) is 21.5. The number of fused-ring (bicyclic) bond motifs is 6. The van der Waals surface area contributed by atoms with Gasteiger partial charge in [0.2, 0.25) is 0 Å². The van der Waals surface area contributed by atoms with Gasteiger partial charge in [-0.05, 0) is 87.5 Å². The molecule has 0 aromatic heterocycles. The van der Waals surface area contributed by atoms with E-state index in [-0.39, 0.29) is 11.0 Å². The summed E-state index contributed by atoms with van der Waals surface area (Å²) in [5, 5.41) is 3.85. The third-order valence-corrected chi connectivity index (χ3v) is 10.9. The third-order valence-electron chi connectivity index (χ3n) is 10.9. The molecule has 0 aromatic carbocycles. The average Bonchev–Trinajstić information content (AvgIpc) is 3.19. The number of carbonyl (C=O) groups is 1. The number of rotatable bonds is 0. The predicted octanol–water partition coefficient (Wildman–Crippen LogP) is 5.60. The van der Waals surface area contributed by atoms with Crippen LogP contribution in [0.4, 0.5) is 0 Å². The molecule has 2 aliphatic heterocycles. The molecular formula is C28H41NO2. The Kier molecular flexibility index (Phi) is 4.69. The van der Waals surface area contributed by atoms with Crippen LogP contribution < -0.4 is 5.32 Å². The Morgan fingerprint density at radius 1 is 1.23 bits per heavy atom. The highest BCUT2D eigenvalue weighted by Crippen LogP contribution is 2.63. The number of nitrogens with one attached hydrogen (secondary N) is 1. The molecule has 1 N–H and O–H groups in total. The Morgan fingerprint density at radius 3 is 2.90 bits per heavy atom. The van der Waals surface area contributed by atoms with Crippen molar-refractivity contribution in [2.24, 2.45) is 35.0 Å². The first-order chi connectivity index (χ1) is 14.8. The van der Waals surface area contributed by atoms with Crippen LogP contribution in [-0.4, -0.2) is 30.1 Å². The molecule has 31 heavy (non-hydrogen) atoms. The maximum atomic E-state index is 12.1. The van der Waals surface area contributed by atoms with Crippen molar-refractivity contribution in [3.05, 3.63) is 22.8 Å². The fourth-order valence-electron chi connectivity index (χ4n) is 9.04. The summed E-state index contributed by atoms with van der Waals surface area (Å²) in [7, 11) is 0. The molecule has 3 nitrogen and oxygen atoms in total. The first-order valence-corrected chi connectivity index (χ1v) is 13.1. The van der Waals surface area contributed by atoms with Gasteiger partial charge in [0, 0.05) is 24.8 Å². The molecule has 4 aliphatic carbocycles. The van der Waals surface area contributed by atoms with E-state index in [2.05, 4.69) is 39.1 Å². The van der Waals surface area contributed by atoms with E-state index in [9.17, 15) is 4.79 Å². The van der Waals surface area contributed by atoms with Gasteiger partial charge in [0.15, 0.2) is 0 Å². The molecule has 1 unspecified atom stereocenters. The first-order valence-electron chi connectivity index (χ1n) is 13.1. The smallest absolute Gasteiger partial charge is 0.136 e. The second kappa shape index (κ2) is 7.03. The summed E-state index contributed by atoms with van der Waals surface area (Å²) in [5.41, 5.74) is 5.22. The lowest BCUT2D eigenvalue weighted by atomic mass is 9.57. The van der Waals surface area contributed by atoms with Crippen molar-refractivity contribution in [2.45, 2.75) is 103 Å². The summed E-state index contributed by atoms with van der Waals surface area (Å²) in [6.45, 7) is 10.9. The highest BCUT2D eigenvalue weighted by atomic mass is 16.5. The highest BCUT2D eigenvalue weighted by molar-refractivity contribution is 5.82. The van der Waals surface area contributed by atoms with Crippen molar-refractivity contribution >= 4 is 5.78 Å². The fourth-order valence-corrected chi connectivity index (χ4v) is 9.04. The Bertz CT molecular complexity index is 857. The minimum absolute atomic E-state index is 0.0418. The average molecular weight is 424 g/mol. The molecule has 3 heteroatoms. The number of ketones is 1. The van der Waals surface area contributed by atoms with Crippen molar-refractivity contribution in [1.82, 2.24) is 5.32 Å². The molecule has 2 heterocycles. The van der Waals surface area contributed by atoms with Gasteiger partial charge in [0.25, 0.3) is 0 Å². The lowest BCUT2D eigenvalue weighted by Crippen LogP contribution is -2.48. The maximum absolute atomic E-state index is 12.1. The molecule has 0 amide bonds. The van der Waals surface area contributed by atoms with Crippen LogP contribution in [0.5, 0.6) is 0 Å². The van der Waals surface area contributed by atoms with Gasteiger partial charge in [-0.1, -0.05) is 43.6 Å². The largest absolute Gasteiger partial charge is 0.369 e. The monoisotopic (exact) mass is 423 g/mol. The molecule has 2 saturated carbocycles. The van der Waals surface area contributed by atoms with Crippen LogP contribution in [0.15, 0.2) is 22.8 Å². The minimum atomic E-state index is 0.0418. The minimum Gasteiger partial charge on any atom is -0.369 e. The summed E-state index contributed by atoms with van der Waals surface area (Å²) in [5.74, 6) is 4.04. The first kappa shape index (κ1) is 20.7. The lowest BCUT2D eigenvalue weighted by molar-refractivity contribution is -0.121. The molecule has 9 atom stereocenters. The van der Waals surface area contributed by atoms with Gasteiger partial charge >= 0.3 is 0 Å². The van der Waals surface area contributed by atoms with Crippen LogP contribution >= 0.6 is 0 Å². The second-order valence-electron chi connectivity index (χ2n) is 12.5. The van der Waals surface area contributed by atoms with E-state index in [4.69, 9.17) is 4.74 Å². The molecule has 6 rings (SSSR count). The van der Waals surface area contributed by atoms with Crippen molar-refractivity contribution in [3.63, 3.8) is 0 Å². The summed E-state index contributed by atoms with van der Waals surface area (Å²) >= 11 is 0. The maximum Gasteiger partial charge on any atom is 0.136 e. The number of carbonyl (C=O) groups excluding carboxylic acids is 1. The molecule has 0 radical (unpaired) electrons. The lowest BCUT2D eigenvalue weighted by Gasteiger charge is -2.47. The third kappa shape index (κ3) is 2.94. The fraction of sp³-hybridized carbons (Fsp3) is 0.821. The van der Waals surface area contributed by atoms with Crippen molar-refractivity contribution in [2.75, 3.05) is 6.54 Å². The van der Waals surface area contributed by atoms with Crippen molar-refractivity contribution in [3.8, 4) is 0 Å². The van der Waals surface area contributed by atoms with Crippen LogP contribution in [0.3, 0.4) is 0 Å². The topological polar surface area (TPSA) is 38.3 Å². The van der Waals surface area contributed by atoms with E-state index in [0.717, 1.165) is 55.9 Å². The number of piperidine rings is 1.